The molecule has 1 aromatic rings. The SMILES string of the molecule is CCNC(=NCCCOC1CCOCC1)N1CCC(C)C(n2ccnc2)C1.I. The van der Waals surface area contributed by atoms with E-state index in [1.165, 1.54) is 6.42 Å². The minimum atomic E-state index is 0. The molecule has 1 aromatic heterocycles. The number of halogens is 1. The molecule has 0 radical (unpaired) electrons. The maximum Gasteiger partial charge on any atom is 0.193 e. The topological polar surface area (TPSA) is 63.9 Å². The van der Waals surface area contributed by atoms with Gasteiger partial charge in [0.05, 0.1) is 18.5 Å². The van der Waals surface area contributed by atoms with Crippen LogP contribution in [0.1, 0.15) is 45.6 Å². The van der Waals surface area contributed by atoms with Crippen LogP contribution in [-0.2, 0) is 9.47 Å². The Balaban J connectivity index is 0.00000280. The van der Waals surface area contributed by atoms with Gasteiger partial charge in [0.2, 0.25) is 0 Å². The zero-order valence-corrected chi connectivity index (χ0v) is 19.6. The summed E-state index contributed by atoms with van der Waals surface area (Å²) in [6.07, 6.45) is 10.4. The lowest BCUT2D eigenvalue weighted by Gasteiger charge is -2.39. The molecular formula is C20H36IN5O2. The number of piperidine rings is 1. The highest BCUT2D eigenvalue weighted by molar-refractivity contribution is 14.0. The number of nitrogens with one attached hydrogen (secondary N) is 1. The molecule has 0 aromatic carbocycles. The van der Waals surface area contributed by atoms with E-state index < -0.39 is 0 Å². The minimum Gasteiger partial charge on any atom is -0.381 e. The number of likely N-dealkylation sites (tertiary alicyclic amines) is 1. The van der Waals surface area contributed by atoms with E-state index in [1.54, 1.807) is 0 Å². The average molecular weight is 505 g/mol. The molecule has 2 saturated heterocycles. The van der Waals surface area contributed by atoms with Gasteiger partial charge in [0.1, 0.15) is 0 Å². The van der Waals surface area contributed by atoms with Crippen molar-refractivity contribution in [3.05, 3.63) is 18.7 Å². The molecule has 1 N–H and O–H groups in total. The third-order valence-electron chi connectivity index (χ3n) is 5.55. The smallest absolute Gasteiger partial charge is 0.193 e. The Bertz CT molecular complexity index is 563. The molecule has 8 heteroatoms. The predicted octanol–water partition coefficient (Wildman–Crippen LogP) is 2.94. The van der Waals surface area contributed by atoms with Crippen molar-refractivity contribution in [3.8, 4) is 0 Å². The van der Waals surface area contributed by atoms with E-state index in [0.29, 0.717) is 18.1 Å². The fraction of sp³-hybridized carbons (Fsp3) is 0.800. The Morgan fingerprint density at radius 2 is 2.14 bits per heavy atom. The van der Waals surface area contributed by atoms with Gasteiger partial charge in [-0.25, -0.2) is 4.98 Å². The first-order valence-electron chi connectivity index (χ1n) is 10.5. The molecule has 0 amide bonds. The maximum absolute atomic E-state index is 5.96. The highest BCUT2D eigenvalue weighted by Gasteiger charge is 2.28. The third-order valence-corrected chi connectivity index (χ3v) is 5.55. The van der Waals surface area contributed by atoms with Gasteiger partial charge in [-0.05, 0) is 38.5 Å². The summed E-state index contributed by atoms with van der Waals surface area (Å²) in [4.78, 5) is 11.5. The monoisotopic (exact) mass is 505 g/mol. The molecule has 160 valence electrons. The van der Waals surface area contributed by atoms with Crippen molar-refractivity contribution in [2.45, 2.75) is 51.7 Å². The first kappa shape index (κ1) is 23.4. The molecule has 3 rings (SSSR count). The number of nitrogens with zero attached hydrogens (tertiary/aromatic N) is 4. The minimum absolute atomic E-state index is 0. The molecule has 2 aliphatic heterocycles. The predicted molar refractivity (Wildman–Crippen MR) is 122 cm³/mol. The first-order chi connectivity index (χ1) is 13.3. The summed E-state index contributed by atoms with van der Waals surface area (Å²) < 4.78 is 13.6. The zero-order valence-electron chi connectivity index (χ0n) is 17.3. The van der Waals surface area contributed by atoms with Gasteiger partial charge in [-0.3, -0.25) is 4.99 Å². The molecule has 0 aliphatic carbocycles. The highest BCUT2D eigenvalue weighted by atomic mass is 127. The van der Waals surface area contributed by atoms with Crippen molar-refractivity contribution >= 4 is 29.9 Å². The van der Waals surface area contributed by atoms with Gasteiger partial charge in [0.25, 0.3) is 0 Å². The molecule has 7 nitrogen and oxygen atoms in total. The van der Waals surface area contributed by atoms with Gasteiger partial charge in [-0.2, -0.15) is 0 Å². The number of aliphatic imine (C=N–C) groups is 1. The second-order valence-electron chi connectivity index (χ2n) is 7.56. The fourth-order valence-electron chi connectivity index (χ4n) is 3.86. The van der Waals surface area contributed by atoms with E-state index in [2.05, 4.69) is 39.8 Å². The number of aromatic nitrogens is 2. The lowest BCUT2D eigenvalue weighted by Crippen LogP contribution is -2.49. The average Bonchev–Trinajstić information content (AvgIpc) is 3.23. The summed E-state index contributed by atoms with van der Waals surface area (Å²) in [6.45, 7) is 10.6. The summed E-state index contributed by atoms with van der Waals surface area (Å²) in [7, 11) is 0. The molecule has 0 spiro atoms. The normalized spacial score (nSPS) is 24.1. The van der Waals surface area contributed by atoms with Crippen LogP contribution in [0.4, 0.5) is 0 Å². The Kier molecular flexibility index (Phi) is 10.6. The third kappa shape index (κ3) is 6.88. The van der Waals surface area contributed by atoms with Crippen LogP contribution in [0.3, 0.4) is 0 Å². The quantitative estimate of drug-likeness (QED) is 0.267. The van der Waals surface area contributed by atoms with E-state index in [4.69, 9.17) is 14.5 Å². The Morgan fingerprint density at radius 3 is 2.86 bits per heavy atom. The van der Waals surface area contributed by atoms with E-state index in [0.717, 1.165) is 71.2 Å². The second kappa shape index (κ2) is 12.6. The van der Waals surface area contributed by atoms with Crippen LogP contribution in [0, 0.1) is 5.92 Å². The van der Waals surface area contributed by atoms with Gasteiger partial charge < -0.3 is 24.3 Å². The van der Waals surface area contributed by atoms with Crippen LogP contribution in [-0.4, -0.2) is 72.5 Å². The number of guanidine groups is 1. The zero-order chi connectivity index (χ0) is 18.9. The van der Waals surface area contributed by atoms with Crippen molar-refractivity contribution < 1.29 is 9.47 Å². The molecule has 3 heterocycles. The molecule has 28 heavy (non-hydrogen) atoms. The number of imidazole rings is 1. The summed E-state index contributed by atoms with van der Waals surface area (Å²) >= 11 is 0. The number of ether oxygens (including phenoxy) is 2. The van der Waals surface area contributed by atoms with Gasteiger partial charge in [-0.15, -0.1) is 24.0 Å². The van der Waals surface area contributed by atoms with Crippen molar-refractivity contribution in [2.75, 3.05) is 46.0 Å². The van der Waals surface area contributed by atoms with Crippen molar-refractivity contribution in [2.24, 2.45) is 10.9 Å². The summed E-state index contributed by atoms with van der Waals surface area (Å²) in [6, 6.07) is 0.446. The second-order valence-corrected chi connectivity index (χ2v) is 7.56. The maximum atomic E-state index is 5.96. The molecular weight excluding hydrogens is 469 g/mol. The first-order valence-corrected chi connectivity index (χ1v) is 10.5. The van der Waals surface area contributed by atoms with Crippen molar-refractivity contribution in [3.63, 3.8) is 0 Å². The molecule has 2 fully saturated rings. The number of rotatable bonds is 7. The lowest BCUT2D eigenvalue weighted by molar-refractivity contribution is -0.0318. The fourth-order valence-corrected chi connectivity index (χ4v) is 3.86. The highest BCUT2D eigenvalue weighted by Crippen LogP contribution is 2.27. The molecule has 0 saturated carbocycles. The molecule has 2 aliphatic rings. The van der Waals surface area contributed by atoms with E-state index in [1.807, 2.05) is 12.5 Å². The Morgan fingerprint density at radius 1 is 1.32 bits per heavy atom. The molecule has 2 atom stereocenters. The van der Waals surface area contributed by atoms with Gasteiger partial charge in [0, 0.05) is 58.4 Å². The van der Waals surface area contributed by atoms with Gasteiger partial charge in [0.15, 0.2) is 5.96 Å². The number of hydrogen-bond acceptors (Lipinski definition) is 4. The van der Waals surface area contributed by atoms with E-state index >= 15 is 0 Å². The Labute approximate surface area is 186 Å². The molecule has 0 bridgehead atoms. The van der Waals surface area contributed by atoms with Gasteiger partial charge in [-0.1, -0.05) is 6.92 Å². The van der Waals surface area contributed by atoms with Crippen molar-refractivity contribution in [1.29, 1.82) is 0 Å². The van der Waals surface area contributed by atoms with Crippen molar-refractivity contribution in [1.82, 2.24) is 19.8 Å². The number of hydrogen-bond donors (Lipinski definition) is 1. The van der Waals surface area contributed by atoms with Crippen LogP contribution < -0.4 is 5.32 Å². The van der Waals surface area contributed by atoms with Crippen LogP contribution >= 0.6 is 24.0 Å². The van der Waals surface area contributed by atoms with Crippen LogP contribution in [0.2, 0.25) is 0 Å². The van der Waals surface area contributed by atoms with Crippen LogP contribution in [0.25, 0.3) is 0 Å². The summed E-state index contributed by atoms with van der Waals surface area (Å²) in [5, 5.41) is 3.47. The summed E-state index contributed by atoms with van der Waals surface area (Å²) in [5.41, 5.74) is 0. The standard InChI is InChI=1S/C20H35N5O2.HI/c1-3-22-20(23-8-4-12-27-18-6-13-26-14-7-18)24-10-5-17(2)19(15-24)25-11-9-21-16-25;/h9,11,16-19H,3-8,10,12-15H2,1-2H3,(H,22,23);1H. The largest absolute Gasteiger partial charge is 0.381 e. The van der Waals surface area contributed by atoms with E-state index in [9.17, 15) is 0 Å². The van der Waals surface area contributed by atoms with Gasteiger partial charge >= 0.3 is 0 Å². The lowest BCUT2D eigenvalue weighted by atomic mass is 9.93. The van der Waals surface area contributed by atoms with E-state index in [-0.39, 0.29) is 24.0 Å². The van der Waals surface area contributed by atoms with Crippen LogP contribution in [0.15, 0.2) is 23.7 Å². The summed E-state index contributed by atoms with van der Waals surface area (Å²) in [5.74, 6) is 1.67. The molecule has 2 unspecified atom stereocenters. The van der Waals surface area contributed by atoms with Crippen LogP contribution in [0.5, 0.6) is 0 Å². The Hall–Kier alpha value is -0.870.